The highest BCUT2D eigenvalue weighted by Gasteiger charge is 2.11. The molecule has 0 unspecified atom stereocenters. The van der Waals surface area contributed by atoms with E-state index in [4.69, 9.17) is 4.42 Å². The summed E-state index contributed by atoms with van der Waals surface area (Å²) in [5, 5.41) is 3.96. The molecule has 0 atom stereocenters. The maximum absolute atomic E-state index is 12.2. The lowest BCUT2D eigenvalue weighted by Crippen LogP contribution is -2.23. The Bertz CT molecular complexity index is 811. The molecule has 0 fully saturated rings. The zero-order valence-corrected chi connectivity index (χ0v) is 12.4. The molecular formula is C17H18N2O2. The summed E-state index contributed by atoms with van der Waals surface area (Å²) in [5.41, 5.74) is 3.73. The van der Waals surface area contributed by atoms with E-state index in [0.29, 0.717) is 12.2 Å². The van der Waals surface area contributed by atoms with Gasteiger partial charge in [-0.15, -0.1) is 0 Å². The summed E-state index contributed by atoms with van der Waals surface area (Å²) in [6.45, 7) is 6.30. The van der Waals surface area contributed by atoms with E-state index >= 15 is 0 Å². The largest absolute Gasteiger partial charge is 0.466 e. The van der Waals surface area contributed by atoms with Gasteiger partial charge in [-0.3, -0.25) is 4.79 Å². The number of aryl methyl sites for hydroxylation is 3. The third-order valence-electron chi connectivity index (χ3n) is 3.61. The fourth-order valence-corrected chi connectivity index (χ4v) is 2.49. The van der Waals surface area contributed by atoms with Crippen LogP contribution in [0.3, 0.4) is 0 Å². The number of hydrogen-bond donors (Lipinski definition) is 2. The minimum absolute atomic E-state index is 0.109. The molecule has 2 aromatic heterocycles. The Labute approximate surface area is 123 Å². The van der Waals surface area contributed by atoms with Crippen molar-refractivity contribution in [3.8, 4) is 0 Å². The van der Waals surface area contributed by atoms with Gasteiger partial charge in [0.1, 0.15) is 17.2 Å². The molecular weight excluding hydrogens is 264 g/mol. The number of furan rings is 1. The second kappa shape index (κ2) is 5.13. The highest BCUT2D eigenvalue weighted by Crippen LogP contribution is 2.17. The molecule has 2 N–H and O–H groups in total. The van der Waals surface area contributed by atoms with Crippen molar-refractivity contribution in [3.05, 3.63) is 58.7 Å². The summed E-state index contributed by atoms with van der Waals surface area (Å²) in [6, 6.07) is 9.91. The number of carbonyl (C=O) groups excluding carboxylic acids is 1. The molecule has 3 rings (SSSR count). The van der Waals surface area contributed by atoms with E-state index in [9.17, 15) is 4.79 Å². The highest BCUT2D eigenvalue weighted by molar-refractivity contribution is 5.98. The number of fused-ring (bicyclic) bond motifs is 1. The molecule has 0 aliphatic rings. The molecule has 1 amide bonds. The monoisotopic (exact) mass is 282 g/mol. The maximum Gasteiger partial charge on any atom is 0.267 e. The summed E-state index contributed by atoms with van der Waals surface area (Å²) in [4.78, 5) is 15.4. The molecule has 0 aliphatic carbocycles. The minimum Gasteiger partial charge on any atom is -0.466 e. The van der Waals surface area contributed by atoms with Gasteiger partial charge in [0.2, 0.25) is 0 Å². The number of hydrogen-bond acceptors (Lipinski definition) is 2. The van der Waals surface area contributed by atoms with Crippen molar-refractivity contribution in [2.45, 2.75) is 27.3 Å². The van der Waals surface area contributed by atoms with Crippen molar-refractivity contribution in [2.24, 2.45) is 0 Å². The second-order valence-corrected chi connectivity index (χ2v) is 5.39. The average Bonchev–Trinajstić information content (AvgIpc) is 2.98. The van der Waals surface area contributed by atoms with Gasteiger partial charge in [-0.1, -0.05) is 12.1 Å². The van der Waals surface area contributed by atoms with Gasteiger partial charge < -0.3 is 14.7 Å². The molecule has 21 heavy (non-hydrogen) atoms. The number of rotatable bonds is 3. The third kappa shape index (κ3) is 2.70. The standard InChI is InChI=1S/C17H18N2O2/c1-10-4-5-13-8-16(19-15(13)6-10)17(20)18-9-14-7-11(2)21-12(14)3/h4-8,19H,9H2,1-3H3,(H,18,20). The molecule has 0 saturated heterocycles. The lowest BCUT2D eigenvalue weighted by Gasteiger charge is -2.02. The molecule has 0 saturated carbocycles. The molecule has 0 bridgehead atoms. The summed E-state index contributed by atoms with van der Waals surface area (Å²) in [5.74, 6) is 1.60. The summed E-state index contributed by atoms with van der Waals surface area (Å²) < 4.78 is 5.45. The van der Waals surface area contributed by atoms with Crippen molar-refractivity contribution in [1.82, 2.24) is 10.3 Å². The van der Waals surface area contributed by atoms with Gasteiger partial charge in [0, 0.05) is 23.0 Å². The maximum atomic E-state index is 12.2. The van der Waals surface area contributed by atoms with Crippen LogP contribution in [-0.4, -0.2) is 10.9 Å². The van der Waals surface area contributed by atoms with Gasteiger partial charge in [0.15, 0.2) is 0 Å². The minimum atomic E-state index is -0.109. The Morgan fingerprint density at radius 2 is 2.00 bits per heavy atom. The van der Waals surface area contributed by atoms with Crippen LogP contribution >= 0.6 is 0 Å². The number of carbonyl (C=O) groups is 1. The van der Waals surface area contributed by atoms with Gasteiger partial charge in [0.25, 0.3) is 5.91 Å². The van der Waals surface area contributed by atoms with Gasteiger partial charge in [-0.05, 0) is 44.5 Å². The quantitative estimate of drug-likeness (QED) is 0.771. The Balaban J connectivity index is 1.76. The van der Waals surface area contributed by atoms with Crippen LogP contribution < -0.4 is 5.32 Å². The van der Waals surface area contributed by atoms with E-state index in [-0.39, 0.29) is 5.91 Å². The van der Waals surface area contributed by atoms with Crippen molar-refractivity contribution >= 4 is 16.8 Å². The van der Waals surface area contributed by atoms with Crippen LogP contribution in [-0.2, 0) is 6.54 Å². The number of H-pyrrole nitrogens is 1. The van der Waals surface area contributed by atoms with Gasteiger partial charge in [0.05, 0.1) is 0 Å². The van der Waals surface area contributed by atoms with Gasteiger partial charge in [-0.2, -0.15) is 0 Å². The van der Waals surface area contributed by atoms with Crippen LogP contribution in [0.1, 0.15) is 33.1 Å². The summed E-state index contributed by atoms with van der Waals surface area (Å²) in [7, 11) is 0. The van der Waals surface area contributed by atoms with Crippen molar-refractivity contribution in [3.63, 3.8) is 0 Å². The molecule has 3 aromatic rings. The summed E-state index contributed by atoms with van der Waals surface area (Å²) in [6.07, 6.45) is 0. The van der Waals surface area contributed by atoms with Crippen molar-refractivity contribution < 1.29 is 9.21 Å². The van der Waals surface area contributed by atoms with Crippen molar-refractivity contribution in [1.29, 1.82) is 0 Å². The van der Waals surface area contributed by atoms with E-state index in [2.05, 4.69) is 10.3 Å². The number of amides is 1. The van der Waals surface area contributed by atoms with E-state index in [1.54, 1.807) is 0 Å². The molecule has 4 nitrogen and oxygen atoms in total. The lowest BCUT2D eigenvalue weighted by atomic mass is 10.2. The van der Waals surface area contributed by atoms with E-state index in [0.717, 1.165) is 28.0 Å². The first kappa shape index (κ1) is 13.5. The number of aromatic amines is 1. The highest BCUT2D eigenvalue weighted by atomic mass is 16.3. The first-order valence-corrected chi connectivity index (χ1v) is 6.96. The molecule has 0 aliphatic heterocycles. The van der Waals surface area contributed by atoms with E-state index < -0.39 is 0 Å². The summed E-state index contributed by atoms with van der Waals surface area (Å²) >= 11 is 0. The Morgan fingerprint density at radius 3 is 2.71 bits per heavy atom. The Morgan fingerprint density at radius 1 is 1.19 bits per heavy atom. The second-order valence-electron chi connectivity index (χ2n) is 5.39. The van der Waals surface area contributed by atoms with Crippen LogP contribution in [0.15, 0.2) is 34.7 Å². The molecule has 108 valence electrons. The van der Waals surface area contributed by atoms with Crippen LogP contribution in [0.5, 0.6) is 0 Å². The Kier molecular flexibility index (Phi) is 3.29. The van der Waals surface area contributed by atoms with Gasteiger partial charge >= 0.3 is 0 Å². The molecule has 2 heterocycles. The van der Waals surface area contributed by atoms with E-state index in [1.165, 1.54) is 5.56 Å². The van der Waals surface area contributed by atoms with Crippen LogP contribution in [0, 0.1) is 20.8 Å². The van der Waals surface area contributed by atoms with E-state index in [1.807, 2.05) is 51.1 Å². The zero-order chi connectivity index (χ0) is 15.0. The van der Waals surface area contributed by atoms with Crippen LogP contribution in [0.4, 0.5) is 0 Å². The Hall–Kier alpha value is -2.49. The lowest BCUT2D eigenvalue weighted by molar-refractivity contribution is 0.0946. The molecule has 4 heteroatoms. The average molecular weight is 282 g/mol. The van der Waals surface area contributed by atoms with Crippen molar-refractivity contribution in [2.75, 3.05) is 0 Å². The predicted octanol–water partition coefficient (Wildman–Crippen LogP) is 3.62. The van der Waals surface area contributed by atoms with Crippen LogP contribution in [0.25, 0.3) is 10.9 Å². The fraction of sp³-hybridized carbons (Fsp3) is 0.235. The van der Waals surface area contributed by atoms with Crippen LogP contribution in [0.2, 0.25) is 0 Å². The first-order valence-electron chi connectivity index (χ1n) is 6.96. The first-order chi connectivity index (χ1) is 10.0. The molecule has 0 spiro atoms. The normalized spacial score (nSPS) is 11.0. The molecule has 1 aromatic carbocycles. The predicted molar refractivity (Wildman–Crippen MR) is 82.4 cm³/mol. The fourth-order valence-electron chi connectivity index (χ4n) is 2.49. The smallest absolute Gasteiger partial charge is 0.267 e. The van der Waals surface area contributed by atoms with Gasteiger partial charge in [-0.25, -0.2) is 0 Å². The molecule has 0 radical (unpaired) electrons. The number of aromatic nitrogens is 1. The third-order valence-corrected chi connectivity index (χ3v) is 3.61. The zero-order valence-electron chi connectivity index (χ0n) is 12.4. The SMILES string of the molecule is Cc1ccc2cc(C(=O)NCc3cc(C)oc3C)[nH]c2c1. The number of nitrogens with one attached hydrogen (secondary N) is 2. The number of benzene rings is 1. The topological polar surface area (TPSA) is 58.0 Å².